The first-order valence-electron chi connectivity index (χ1n) is 8.71. The van der Waals surface area contributed by atoms with Crippen molar-refractivity contribution in [3.8, 4) is 11.5 Å². The van der Waals surface area contributed by atoms with E-state index < -0.39 is 0 Å². The summed E-state index contributed by atoms with van der Waals surface area (Å²) in [6.45, 7) is 2.45. The summed E-state index contributed by atoms with van der Waals surface area (Å²) in [5.41, 5.74) is 1.44. The highest BCUT2D eigenvalue weighted by molar-refractivity contribution is 9.10. The third-order valence-corrected chi connectivity index (χ3v) is 5.40. The van der Waals surface area contributed by atoms with Gasteiger partial charge in [-0.2, -0.15) is 0 Å². The third kappa shape index (κ3) is 4.19. The van der Waals surface area contributed by atoms with Crippen molar-refractivity contribution in [1.29, 1.82) is 0 Å². The number of aromatic hydroxyl groups is 1. The van der Waals surface area contributed by atoms with E-state index in [0.717, 1.165) is 25.9 Å². The van der Waals surface area contributed by atoms with Crippen LogP contribution < -0.4 is 10.1 Å². The van der Waals surface area contributed by atoms with Crippen molar-refractivity contribution in [2.45, 2.75) is 25.4 Å². The molecule has 0 aliphatic carbocycles. The SMILES string of the molecule is COc1ccc(Br)c(O)c1C(=O)NC[C@@H]1CCCN1Cc1ccccc1. The van der Waals surface area contributed by atoms with E-state index in [1.807, 2.05) is 18.2 Å². The van der Waals surface area contributed by atoms with Gasteiger partial charge in [0.15, 0.2) is 0 Å². The van der Waals surface area contributed by atoms with E-state index >= 15 is 0 Å². The molecule has 2 aromatic rings. The predicted molar refractivity (Wildman–Crippen MR) is 105 cm³/mol. The van der Waals surface area contributed by atoms with E-state index in [1.165, 1.54) is 12.7 Å². The number of phenolic OH excluding ortho intramolecular Hbond substituents is 1. The minimum absolute atomic E-state index is 0.102. The van der Waals surface area contributed by atoms with Crippen molar-refractivity contribution >= 4 is 21.8 Å². The lowest BCUT2D eigenvalue weighted by Crippen LogP contribution is -2.39. The minimum Gasteiger partial charge on any atom is -0.506 e. The maximum absolute atomic E-state index is 12.6. The van der Waals surface area contributed by atoms with Gasteiger partial charge in [0, 0.05) is 19.1 Å². The van der Waals surface area contributed by atoms with Crippen LogP contribution in [0.15, 0.2) is 46.9 Å². The number of nitrogens with zero attached hydrogens (tertiary/aromatic N) is 1. The topological polar surface area (TPSA) is 61.8 Å². The Morgan fingerprint density at radius 3 is 2.81 bits per heavy atom. The fourth-order valence-electron chi connectivity index (χ4n) is 3.39. The van der Waals surface area contributed by atoms with Gasteiger partial charge in [0.25, 0.3) is 5.91 Å². The fraction of sp³-hybridized carbons (Fsp3) is 0.350. The molecule has 1 atom stereocenters. The number of hydrogen-bond donors (Lipinski definition) is 2. The lowest BCUT2D eigenvalue weighted by Gasteiger charge is -2.25. The molecule has 138 valence electrons. The molecule has 0 bridgehead atoms. The van der Waals surface area contributed by atoms with Crippen LogP contribution in [0.25, 0.3) is 0 Å². The number of amides is 1. The van der Waals surface area contributed by atoms with E-state index in [2.05, 4.69) is 38.3 Å². The zero-order valence-corrected chi connectivity index (χ0v) is 16.3. The Morgan fingerprint density at radius 2 is 2.08 bits per heavy atom. The van der Waals surface area contributed by atoms with Crippen LogP contribution in [0.4, 0.5) is 0 Å². The fourth-order valence-corrected chi connectivity index (χ4v) is 3.72. The quantitative estimate of drug-likeness (QED) is 0.752. The Hall–Kier alpha value is -2.05. The highest BCUT2D eigenvalue weighted by Crippen LogP contribution is 2.34. The molecule has 2 N–H and O–H groups in total. The summed E-state index contributed by atoms with van der Waals surface area (Å²) in [6, 6.07) is 14.0. The van der Waals surface area contributed by atoms with Gasteiger partial charge in [-0.05, 0) is 53.0 Å². The first-order chi connectivity index (χ1) is 12.6. The molecule has 6 heteroatoms. The van der Waals surface area contributed by atoms with Crippen LogP contribution in [0.5, 0.6) is 11.5 Å². The highest BCUT2D eigenvalue weighted by Gasteiger charge is 2.26. The van der Waals surface area contributed by atoms with E-state index in [0.29, 0.717) is 22.8 Å². The first-order valence-corrected chi connectivity index (χ1v) is 9.51. The summed E-state index contributed by atoms with van der Waals surface area (Å²) in [6.07, 6.45) is 2.17. The summed E-state index contributed by atoms with van der Waals surface area (Å²) in [7, 11) is 1.48. The Balaban J connectivity index is 1.65. The Bertz CT molecular complexity index is 767. The molecule has 5 nitrogen and oxygen atoms in total. The summed E-state index contributed by atoms with van der Waals surface area (Å²) in [4.78, 5) is 15.0. The molecule has 26 heavy (non-hydrogen) atoms. The lowest BCUT2D eigenvalue weighted by atomic mass is 10.1. The van der Waals surface area contributed by atoms with Crippen LogP contribution in [0.3, 0.4) is 0 Å². The molecular formula is C20H23BrN2O3. The number of carbonyl (C=O) groups is 1. The highest BCUT2D eigenvalue weighted by atomic mass is 79.9. The van der Waals surface area contributed by atoms with Gasteiger partial charge < -0.3 is 15.2 Å². The third-order valence-electron chi connectivity index (χ3n) is 4.76. The van der Waals surface area contributed by atoms with Crippen molar-refractivity contribution in [3.63, 3.8) is 0 Å². The van der Waals surface area contributed by atoms with Gasteiger partial charge in [0.05, 0.1) is 11.6 Å². The minimum atomic E-state index is -0.327. The average Bonchev–Trinajstić information content (AvgIpc) is 3.09. The zero-order chi connectivity index (χ0) is 18.5. The van der Waals surface area contributed by atoms with Crippen LogP contribution in [0.1, 0.15) is 28.8 Å². The Morgan fingerprint density at radius 1 is 1.31 bits per heavy atom. The van der Waals surface area contributed by atoms with Gasteiger partial charge in [0.1, 0.15) is 17.1 Å². The molecule has 0 aromatic heterocycles. The molecule has 1 aliphatic heterocycles. The van der Waals surface area contributed by atoms with Gasteiger partial charge >= 0.3 is 0 Å². The van der Waals surface area contributed by atoms with Crippen LogP contribution in [-0.4, -0.2) is 42.2 Å². The lowest BCUT2D eigenvalue weighted by molar-refractivity contribution is 0.0934. The molecule has 1 amide bonds. The second-order valence-electron chi connectivity index (χ2n) is 6.44. The van der Waals surface area contributed by atoms with Crippen molar-refractivity contribution in [1.82, 2.24) is 10.2 Å². The van der Waals surface area contributed by atoms with E-state index in [1.54, 1.807) is 12.1 Å². The molecule has 3 rings (SSSR count). The summed E-state index contributed by atoms with van der Waals surface area (Å²) < 4.78 is 5.69. The standard InChI is InChI=1S/C20H23BrN2O3/c1-26-17-10-9-16(21)19(24)18(17)20(25)22-12-15-8-5-11-23(15)13-14-6-3-2-4-7-14/h2-4,6-7,9-10,15,24H,5,8,11-13H2,1H3,(H,22,25)/t15-/m0/s1. The summed E-state index contributed by atoms with van der Waals surface area (Å²) >= 11 is 3.25. The smallest absolute Gasteiger partial charge is 0.258 e. The Labute approximate surface area is 162 Å². The number of carbonyl (C=O) groups excluding carboxylic acids is 1. The molecule has 0 saturated carbocycles. The van der Waals surface area contributed by atoms with Gasteiger partial charge in [0.2, 0.25) is 0 Å². The predicted octanol–water partition coefficient (Wildman–Crippen LogP) is 3.56. The maximum atomic E-state index is 12.6. The number of likely N-dealkylation sites (tertiary alicyclic amines) is 1. The Kier molecular flexibility index (Phi) is 6.16. The molecule has 1 saturated heterocycles. The van der Waals surface area contributed by atoms with Crippen LogP contribution in [0.2, 0.25) is 0 Å². The monoisotopic (exact) mass is 418 g/mol. The average molecular weight is 419 g/mol. The van der Waals surface area contributed by atoms with Gasteiger partial charge in [-0.3, -0.25) is 9.69 Å². The number of halogens is 1. The van der Waals surface area contributed by atoms with Gasteiger partial charge in [-0.15, -0.1) is 0 Å². The largest absolute Gasteiger partial charge is 0.506 e. The molecule has 0 spiro atoms. The maximum Gasteiger partial charge on any atom is 0.258 e. The molecule has 1 fully saturated rings. The number of rotatable bonds is 6. The van der Waals surface area contributed by atoms with E-state index in [9.17, 15) is 9.90 Å². The molecule has 1 aliphatic rings. The summed E-state index contributed by atoms with van der Waals surface area (Å²) in [5, 5.41) is 13.2. The zero-order valence-electron chi connectivity index (χ0n) is 14.7. The van der Waals surface area contributed by atoms with Crippen LogP contribution in [-0.2, 0) is 6.54 Å². The van der Waals surface area contributed by atoms with Crippen molar-refractivity contribution in [2.75, 3.05) is 20.2 Å². The normalized spacial score (nSPS) is 17.2. The molecule has 2 aromatic carbocycles. The number of ether oxygens (including phenoxy) is 1. The number of phenols is 1. The first kappa shape index (κ1) is 18.7. The van der Waals surface area contributed by atoms with Crippen molar-refractivity contribution in [3.05, 3.63) is 58.1 Å². The van der Waals surface area contributed by atoms with Gasteiger partial charge in [-0.25, -0.2) is 0 Å². The van der Waals surface area contributed by atoms with Crippen molar-refractivity contribution in [2.24, 2.45) is 0 Å². The molecule has 1 heterocycles. The molecule has 0 radical (unpaired) electrons. The number of methoxy groups -OCH3 is 1. The van der Waals surface area contributed by atoms with E-state index in [-0.39, 0.29) is 17.2 Å². The van der Waals surface area contributed by atoms with Crippen molar-refractivity contribution < 1.29 is 14.6 Å². The summed E-state index contributed by atoms with van der Waals surface area (Å²) in [5.74, 6) is -0.0719. The number of benzene rings is 2. The van der Waals surface area contributed by atoms with Crippen LogP contribution >= 0.6 is 15.9 Å². The van der Waals surface area contributed by atoms with E-state index in [4.69, 9.17) is 4.74 Å². The number of nitrogens with one attached hydrogen (secondary N) is 1. The van der Waals surface area contributed by atoms with Gasteiger partial charge in [-0.1, -0.05) is 30.3 Å². The second kappa shape index (κ2) is 8.56. The second-order valence-corrected chi connectivity index (χ2v) is 7.29. The molecule has 0 unspecified atom stereocenters. The number of hydrogen-bond acceptors (Lipinski definition) is 4. The van der Waals surface area contributed by atoms with Crippen LogP contribution in [0, 0.1) is 0 Å². The molecular weight excluding hydrogens is 396 g/mol.